The van der Waals surface area contributed by atoms with E-state index in [1.165, 1.54) is 6.20 Å². The maximum atomic E-state index is 10.7. The molecule has 1 aromatic rings. The van der Waals surface area contributed by atoms with Gasteiger partial charge in [-0.2, -0.15) is 0 Å². The Morgan fingerprint density at radius 1 is 1.30 bits per heavy atom. The highest BCUT2D eigenvalue weighted by atomic mass is 16.4. The molecule has 0 amide bonds. The van der Waals surface area contributed by atoms with Gasteiger partial charge in [0.15, 0.2) is 0 Å². The number of aromatic nitrogens is 1. The van der Waals surface area contributed by atoms with E-state index in [0.717, 1.165) is 25.7 Å². The molecule has 1 fully saturated rings. The van der Waals surface area contributed by atoms with E-state index in [2.05, 4.69) is 10.3 Å². The lowest BCUT2D eigenvalue weighted by Crippen LogP contribution is -2.37. The van der Waals surface area contributed by atoms with Crippen LogP contribution < -0.4 is 5.32 Å². The van der Waals surface area contributed by atoms with E-state index < -0.39 is 11.6 Å². The fourth-order valence-corrected chi connectivity index (χ4v) is 2.76. The molecule has 0 aromatic carbocycles. The van der Waals surface area contributed by atoms with E-state index in [-0.39, 0.29) is 5.56 Å². The number of carboxylic acids is 1. The first-order chi connectivity index (χ1) is 9.36. The summed E-state index contributed by atoms with van der Waals surface area (Å²) >= 11 is 0. The molecule has 1 aliphatic carbocycles. The van der Waals surface area contributed by atoms with Crippen LogP contribution in [0.2, 0.25) is 0 Å². The molecule has 5 nitrogen and oxygen atoms in total. The van der Waals surface area contributed by atoms with Gasteiger partial charge in [0, 0.05) is 12.2 Å². The molecular formula is C15H22N2O3. The zero-order valence-electron chi connectivity index (χ0n) is 12.0. The molecule has 0 saturated heterocycles. The van der Waals surface area contributed by atoms with Gasteiger partial charge in [0.25, 0.3) is 0 Å². The van der Waals surface area contributed by atoms with Crippen molar-refractivity contribution >= 4 is 11.8 Å². The largest absolute Gasteiger partial charge is 0.478 e. The third-order valence-electron chi connectivity index (χ3n) is 4.09. The van der Waals surface area contributed by atoms with Crippen LogP contribution in [0, 0.1) is 5.92 Å². The van der Waals surface area contributed by atoms with Crippen molar-refractivity contribution in [3.05, 3.63) is 23.9 Å². The number of carbonyl (C=O) groups is 1. The van der Waals surface area contributed by atoms with Crippen molar-refractivity contribution in [2.75, 3.05) is 5.32 Å². The highest BCUT2D eigenvalue weighted by Crippen LogP contribution is 2.33. The van der Waals surface area contributed by atoms with Crippen LogP contribution in [-0.2, 0) is 0 Å². The maximum absolute atomic E-state index is 10.7. The molecule has 0 radical (unpaired) electrons. The number of hydrogen-bond donors (Lipinski definition) is 3. The van der Waals surface area contributed by atoms with Crippen LogP contribution in [0.4, 0.5) is 5.82 Å². The van der Waals surface area contributed by atoms with Gasteiger partial charge in [0.1, 0.15) is 5.82 Å². The van der Waals surface area contributed by atoms with E-state index >= 15 is 0 Å². The second-order valence-corrected chi connectivity index (χ2v) is 6.08. The summed E-state index contributed by atoms with van der Waals surface area (Å²) < 4.78 is 0. The predicted octanol–water partition coefficient (Wildman–Crippen LogP) is 2.52. The van der Waals surface area contributed by atoms with Crippen molar-refractivity contribution in [3.8, 4) is 0 Å². The van der Waals surface area contributed by atoms with Crippen molar-refractivity contribution < 1.29 is 15.0 Å². The summed E-state index contributed by atoms with van der Waals surface area (Å²) in [4.78, 5) is 14.9. The Morgan fingerprint density at radius 3 is 2.40 bits per heavy atom. The van der Waals surface area contributed by atoms with Gasteiger partial charge in [-0.1, -0.05) is 0 Å². The van der Waals surface area contributed by atoms with Gasteiger partial charge in [-0.15, -0.1) is 0 Å². The fraction of sp³-hybridized carbons (Fsp3) is 0.600. The first kappa shape index (κ1) is 14.8. The third-order valence-corrected chi connectivity index (χ3v) is 4.09. The number of aromatic carboxylic acids is 1. The van der Waals surface area contributed by atoms with Gasteiger partial charge < -0.3 is 15.5 Å². The lowest BCUT2D eigenvalue weighted by molar-refractivity contribution is -0.000406. The van der Waals surface area contributed by atoms with Crippen LogP contribution in [0.3, 0.4) is 0 Å². The number of pyridine rings is 1. The predicted molar refractivity (Wildman–Crippen MR) is 76.9 cm³/mol. The number of nitrogens with zero attached hydrogens (tertiary/aromatic N) is 1. The average Bonchev–Trinajstić information content (AvgIpc) is 2.39. The summed E-state index contributed by atoms with van der Waals surface area (Å²) in [6, 6.07) is 3.60. The van der Waals surface area contributed by atoms with Crippen molar-refractivity contribution in [1.82, 2.24) is 4.98 Å². The maximum Gasteiger partial charge on any atom is 0.337 e. The summed E-state index contributed by atoms with van der Waals surface area (Å²) in [5, 5.41) is 22.2. The molecule has 1 saturated carbocycles. The zero-order valence-corrected chi connectivity index (χ0v) is 12.0. The molecule has 3 N–H and O–H groups in total. The number of nitrogens with one attached hydrogen (secondary N) is 1. The lowest BCUT2D eigenvalue weighted by atomic mass is 9.77. The summed E-state index contributed by atoms with van der Waals surface area (Å²) in [5.41, 5.74) is -0.409. The van der Waals surface area contributed by atoms with E-state index in [1.807, 2.05) is 13.8 Å². The zero-order chi connectivity index (χ0) is 14.8. The molecule has 5 heteroatoms. The molecule has 20 heavy (non-hydrogen) atoms. The van der Waals surface area contributed by atoms with Gasteiger partial charge in [0.2, 0.25) is 0 Å². The quantitative estimate of drug-likeness (QED) is 0.788. The standard InChI is InChI=1S/C15H22N2O3/c1-15(2,20)11-4-6-12(7-5-11)17-13-8-3-10(9-16-13)14(18)19/h3,8-9,11-12,20H,4-7H2,1-2H3,(H,16,17)(H,18,19)/t11-,12-. The minimum Gasteiger partial charge on any atom is -0.478 e. The van der Waals surface area contributed by atoms with Crippen LogP contribution in [0.5, 0.6) is 0 Å². The van der Waals surface area contributed by atoms with Crippen molar-refractivity contribution in [1.29, 1.82) is 0 Å². The summed E-state index contributed by atoms with van der Waals surface area (Å²) in [7, 11) is 0. The second-order valence-electron chi connectivity index (χ2n) is 6.08. The Morgan fingerprint density at radius 2 is 1.95 bits per heavy atom. The molecule has 0 atom stereocenters. The SMILES string of the molecule is CC(C)(O)[C@H]1CC[C@H](Nc2ccc(C(=O)O)cn2)CC1. The Labute approximate surface area is 119 Å². The van der Waals surface area contributed by atoms with Crippen molar-refractivity contribution in [2.45, 2.75) is 51.2 Å². The highest BCUT2D eigenvalue weighted by molar-refractivity contribution is 5.87. The van der Waals surface area contributed by atoms with Crippen molar-refractivity contribution in [2.24, 2.45) is 5.92 Å². The molecule has 0 bridgehead atoms. The summed E-state index contributed by atoms with van der Waals surface area (Å²) in [6.45, 7) is 3.75. The van der Waals surface area contributed by atoms with E-state index in [9.17, 15) is 9.90 Å². The van der Waals surface area contributed by atoms with Crippen LogP contribution in [-0.4, -0.2) is 32.8 Å². The van der Waals surface area contributed by atoms with Crippen molar-refractivity contribution in [3.63, 3.8) is 0 Å². The smallest absolute Gasteiger partial charge is 0.337 e. The normalized spacial score (nSPS) is 23.4. The van der Waals surface area contributed by atoms with Crippen LogP contribution in [0.1, 0.15) is 49.9 Å². The Hall–Kier alpha value is -1.62. The number of rotatable bonds is 4. The lowest BCUT2D eigenvalue weighted by Gasteiger charge is -2.36. The Kier molecular flexibility index (Phi) is 4.28. The molecule has 1 heterocycles. The van der Waals surface area contributed by atoms with Gasteiger partial charge in [-0.05, 0) is 57.6 Å². The number of aliphatic hydroxyl groups is 1. The number of carboxylic acid groups (broad SMARTS) is 1. The first-order valence-corrected chi connectivity index (χ1v) is 7.04. The van der Waals surface area contributed by atoms with Crippen LogP contribution in [0.15, 0.2) is 18.3 Å². The fourth-order valence-electron chi connectivity index (χ4n) is 2.76. The molecule has 1 aliphatic rings. The minimum atomic E-state index is -0.963. The van der Waals surface area contributed by atoms with Crippen LogP contribution in [0.25, 0.3) is 0 Å². The minimum absolute atomic E-state index is 0.196. The van der Waals surface area contributed by atoms with E-state index in [1.54, 1.807) is 12.1 Å². The van der Waals surface area contributed by atoms with Crippen LogP contribution >= 0.6 is 0 Å². The first-order valence-electron chi connectivity index (χ1n) is 7.04. The number of anilines is 1. The molecule has 0 spiro atoms. The molecule has 1 aromatic heterocycles. The molecule has 0 unspecified atom stereocenters. The van der Waals surface area contributed by atoms with Gasteiger partial charge in [-0.3, -0.25) is 0 Å². The van der Waals surface area contributed by atoms with Gasteiger partial charge in [-0.25, -0.2) is 9.78 Å². The monoisotopic (exact) mass is 278 g/mol. The highest BCUT2D eigenvalue weighted by Gasteiger charge is 2.31. The summed E-state index contributed by atoms with van der Waals surface area (Å²) in [5.74, 6) is 0.0966. The topological polar surface area (TPSA) is 82.5 Å². The average molecular weight is 278 g/mol. The second kappa shape index (κ2) is 5.79. The van der Waals surface area contributed by atoms with E-state index in [0.29, 0.717) is 17.8 Å². The van der Waals surface area contributed by atoms with Gasteiger partial charge >= 0.3 is 5.97 Å². The summed E-state index contributed by atoms with van der Waals surface area (Å²) in [6.07, 6.45) is 5.35. The van der Waals surface area contributed by atoms with E-state index in [4.69, 9.17) is 5.11 Å². The Balaban J connectivity index is 1.88. The number of hydrogen-bond acceptors (Lipinski definition) is 4. The molecule has 2 rings (SSSR count). The molecule has 0 aliphatic heterocycles. The molecular weight excluding hydrogens is 256 g/mol. The van der Waals surface area contributed by atoms with Gasteiger partial charge in [0.05, 0.1) is 11.2 Å². The molecule has 110 valence electrons. The third kappa shape index (κ3) is 3.70. The Bertz CT molecular complexity index is 457.